The van der Waals surface area contributed by atoms with E-state index in [1.54, 1.807) is 11.8 Å². The average molecular weight is 279 g/mol. The summed E-state index contributed by atoms with van der Waals surface area (Å²) in [6.45, 7) is 3.11. The molecule has 1 N–H and O–H groups in total. The molecule has 0 aliphatic carbocycles. The topological polar surface area (TPSA) is 12.0 Å². The van der Waals surface area contributed by atoms with Gasteiger partial charge in [-0.25, -0.2) is 4.39 Å². The van der Waals surface area contributed by atoms with E-state index in [2.05, 4.69) is 18.2 Å². The molecular formula is C16H22FNS. The largest absolute Gasteiger partial charge is 0.309 e. The molecule has 3 heteroatoms. The van der Waals surface area contributed by atoms with Gasteiger partial charge in [0.05, 0.1) is 5.75 Å². The Bertz CT molecular complexity index is 383. The van der Waals surface area contributed by atoms with Crippen LogP contribution in [0.2, 0.25) is 0 Å². The van der Waals surface area contributed by atoms with Crippen molar-refractivity contribution >= 4 is 11.8 Å². The third-order valence-corrected chi connectivity index (χ3v) is 3.80. The van der Waals surface area contributed by atoms with Gasteiger partial charge in [-0.3, -0.25) is 0 Å². The molecule has 1 aromatic rings. The Hall–Kier alpha value is -0.980. The van der Waals surface area contributed by atoms with Crippen molar-refractivity contribution in [1.82, 2.24) is 5.32 Å². The van der Waals surface area contributed by atoms with Crippen molar-refractivity contribution in [3.8, 4) is 12.3 Å². The normalized spacial score (nSPS) is 12.1. The number of halogens is 1. The lowest BCUT2D eigenvalue weighted by molar-refractivity contribution is 0.495. The molecule has 1 atom stereocenters. The fourth-order valence-corrected chi connectivity index (χ4v) is 2.45. The summed E-state index contributed by atoms with van der Waals surface area (Å²) in [7, 11) is 0. The zero-order valence-electron chi connectivity index (χ0n) is 11.5. The van der Waals surface area contributed by atoms with Crippen molar-refractivity contribution in [1.29, 1.82) is 0 Å². The second-order valence-electron chi connectivity index (χ2n) is 4.46. The fraction of sp³-hybridized carbons (Fsp3) is 0.500. The highest BCUT2D eigenvalue weighted by molar-refractivity contribution is 7.99. The molecule has 0 amide bonds. The molecule has 0 bridgehead atoms. The van der Waals surface area contributed by atoms with Crippen LogP contribution in [0, 0.1) is 18.2 Å². The predicted octanol–water partition coefficient (Wildman–Crippen LogP) is 4.01. The molecule has 0 aliphatic heterocycles. The van der Waals surface area contributed by atoms with E-state index in [4.69, 9.17) is 6.42 Å². The van der Waals surface area contributed by atoms with Gasteiger partial charge in [0.2, 0.25) is 0 Å². The van der Waals surface area contributed by atoms with E-state index in [-0.39, 0.29) is 5.82 Å². The first-order valence-corrected chi connectivity index (χ1v) is 7.93. The molecule has 104 valence electrons. The van der Waals surface area contributed by atoms with Crippen LogP contribution in [0.1, 0.15) is 37.8 Å². The molecule has 0 aliphatic rings. The molecule has 0 fully saturated rings. The Morgan fingerprint density at radius 2 is 2.11 bits per heavy atom. The van der Waals surface area contributed by atoms with E-state index in [0.29, 0.717) is 6.04 Å². The third-order valence-electron chi connectivity index (χ3n) is 2.94. The number of unbranched alkanes of at least 4 members (excludes halogenated alkanes) is 1. The lowest BCUT2D eigenvalue weighted by Crippen LogP contribution is -2.24. The summed E-state index contributed by atoms with van der Waals surface area (Å²) in [5.41, 5.74) is 1.16. The third kappa shape index (κ3) is 6.66. The Kier molecular flexibility index (Phi) is 8.36. The minimum Gasteiger partial charge on any atom is -0.309 e. The van der Waals surface area contributed by atoms with Gasteiger partial charge in [0.25, 0.3) is 0 Å². The molecule has 1 nitrogen and oxygen atoms in total. The smallest absolute Gasteiger partial charge is 0.123 e. The number of nitrogens with one attached hydrogen (secondary N) is 1. The van der Waals surface area contributed by atoms with Crippen molar-refractivity contribution in [2.45, 2.75) is 32.2 Å². The summed E-state index contributed by atoms with van der Waals surface area (Å²) in [5.74, 6) is 4.21. The number of terminal acetylenes is 1. The Labute approximate surface area is 120 Å². The van der Waals surface area contributed by atoms with E-state index >= 15 is 0 Å². The van der Waals surface area contributed by atoms with E-state index in [9.17, 15) is 4.39 Å². The van der Waals surface area contributed by atoms with E-state index in [0.717, 1.165) is 30.0 Å². The minimum absolute atomic E-state index is 0.178. The first-order chi connectivity index (χ1) is 9.27. The molecule has 19 heavy (non-hydrogen) atoms. The first-order valence-electron chi connectivity index (χ1n) is 6.78. The minimum atomic E-state index is -0.178. The van der Waals surface area contributed by atoms with Gasteiger partial charge in [-0.1, -0.05) is 37.8 Å². The molecule has 0 saturated heterocycles. The van der Waals surface area contributed by atoms with Crippen molar-refractivity contribution in [3.05, 3.63) is 35.6 Å². The van der Waals surface area contributed by atoms with Crippen LogP contribution in [0.4, 0.5) is 4.39 Å². The van der Waals surface area contributed by atoms with Crippen molar-refractivity contribution in [2.75, 3.05) is 18.1 Å². The van der Waals surface area contributed by atoms with Crippen LogP contribution in [0.25, 0.3) is 0 Å². The van der Waals surface area contributed by atoms with Gasteiger partial charge in [0, 0.05) is 18.3 Å². The van der Waals surface area contributed by atoms with Gasteiger partial charge in [-0.2, -0.15) is 0 Å². The summed E-state index contributed by atoms with van der Waals surface area (Å²) in [6, 6.07) is 7.12. The Morgan fingerprint density at radius 3 is 2.74 bits per heavy atom. The maximum absolute atomic E-state index is 13.0. The lowest BCUT2D eigenvalue weighted by Gasteiger charge is -2.19. The van der Waals surface area contributed by atoms with Gasteiger partial charge in [0.15, 0.2) is 0 Å². The summed E-state index contributed by atoms with van der Waals surface area (Å²) in [6.07, 6.45) is 8.64. The van der Waals surface area contributed by atoms with Crippen LogP contribution in [-0.2, 0) is 0 Å². The number of thioether (sulfide) groups is 1. The maximum atomic E-state index is 13.0. The highest BCUT2D eigenvalue weighted by Gasteiger charge is 2.10. The van der Waals surface area contributed by atoms with Crippen LogP contribution in [0.3, 0.4) is 0 Å². The maximum Gasteiger partial charge on any atom is 0.123 e. The van der Waals surface area contributed by atoms with Gasteiger partial charge >= 0.3 is 0 Å². The van der Waals surface area contributed by atoms with Crippen molar-refractivity contribution in [3.63, 3.8) is 0 Å². The van der Waals surface area contributed by atoms with E-state index < -0.39 is 0 Å². The molecule has 1 rings (SSSR count). The first kappa shape index (κ1) is 16.1. The van der Waals surface area contributed by atoms with Gasteiger partial charge < -0.3 is 5.32 Å². The fourth-order valence-electron chi connectivity index (χ4n) is 1.93. The second-order valence-corrected chi connectivity index (χ2v) is 5.56. The lowest BCUT2D eigenvalue weighted by atomic mass is 10.0. The predicted molar refractivity (Wildman–Crippen MR) is 82.8 cm³/mol. The van der Waals surface area contributed by atoms with Gasteiger partial charge in [-0.15, -0.1) is 18.2 Å². The molecule has 1 unspecified atom stereocenters. The molecule has 1 aromatic carbocycles. The summed E-state index contributed by atoms with van der Waals surface area (Å²) < 4.78 is 13.0. The van der Waals surface area contributed by atoms with Crippen LogP contribution in [0.15, 0.2) is 24.3 Å². The molecule has 0 saturated carbocycles. The highest BCUT2D eigenvalue weighted by atomic mass is 32.2. The number of rotatable bonds is 9. The van der Waals surface area contributed by atoms with Crippen molar-refractivity contribution < 1.29 is 4.39 Å². The molecule has 0 spiro atoms. The molecule has 0 aromatic heterocycles. The van der Waals surface area contributed by atoms with Crippen LogP contribution >= 0.6 is 11.8 Å². The zero-order valence-corrected chi connectivity index (χ0v) is 12.3. The monoisotopic (exact) mass is 279 g/mol. The number of hydrogen-bond donors (Lipinski definition) is 1. The van der Waals surface area contributed by atoms with Crippen LogP contribution in [0.5, 0.6) is 0 Å². The molecule has 0 radical (unpaired) electrons. The van der Waals surface area contributed by atoms with E-state index in [1.807, 2.05) is 12.1 Å². The van der Waals surface area contributed by atoms with Gasteiger partial charge in [-0.05, 0) is 24.1 Å². The van der Waals surface area contributed by atoms with Crippen LogP contribution in [-0.4, -0.2) is 18.1 Å². The SMILES string of the molecule is C#CCSCCNC(CCCC)c1ccc(F)cc1. The van der Waals surface area contributed by atoms with Gasteiger partial charge in [0.1, 0.15) is 5.82 Å². The summed E-state index contributed by atoms with van der Waals surface area (Å²) in [4.78, 5) is 0. The number of benzene rings is 1. The van der Waals surface area contributed by atoms with E-state index in [1.165, 1.54) is 25.0 Å². The second kappa shape index (κ2) is 9.89. The number of hydrogen-bond acceptors (Lipinski definition) is 2. The highest BCUT2D eigenvalue weighted by Crippen LogP contribution is 2.19. The molecule has 0 heterocycles. The Morgan fingerprint density at radius 1 is 1.37 bits per heavy atom. The summed E-state index contributed by atoms with van der Waals surface area (Å²) in [5, 5.41) is 3.54. The molecular weight excluding hydrogens is 257 g/mol. The van der Waals surface area contributed by atoms with Crippen LogP contribution < -0.4 is 5.32 Å². The average Bonchev–Trinajstić information content (AvgIpc) is 2.43. The zero-order chi connectivity index (χ0) is 13.9. The quantitative estimate of drug-likeness (QED) is 0.541. The summed E-state index contributed by atoms with van der Waals surface area (Å²) >= 11 is 1.76. The van der Waals surface area contributed by atoms with Crippen molar-refractivity contribution in [2.24, 2.45) is 0 Å². The Balaban J connectivity index is 2.47. The standard InChI is InChI=1S/C16H22FNS/c1-3-5-6-16(18-11-13-19-12-4-2)14-7-9-15(17)10-8-14/h2,7-10,16,18H,3,5-6,11-13H2,1H3.